The van der Waals surface area contributed by atoms with Gasteiger partial charge >= 0.3 is 0 Å². The molecule has 0 atom stereocenters. The highest BCUT2D eigenvalue weighted by molar-refractivity contribution is 7.92. The maximum Gasteiger partial charge on any atom is 0.264 e. The Morgan fingerprint density at radius 2 is 1.48 bits per heavy atom. The van der Waals surface area contributed by atoms with Crippen LogP contribution < -0.4 is 24.5 Å². The molecule has 0 fully saturated rings. The third-order valence-electron chi connectivity index (χ3n) is 6.21. The van der Waals surface area contributed by atoms with Crippen molar-refractivity contribution >= 4 is 38.9 Å². The van der Waals surface area contributed by atoms with Gasteiger partial charge in [0.05, 0.1) is 30.5 Å². The maximum atomic E-state index is 13.7. The molecular weight excluding hydrogens is 556 g/mol. The molecule has 2 N–H and O–H groups in total. The molecule has 0 aliphatic rings. The Morgan fingerprint density at radius 1 is 0.810 bits per heavy atom. The van der Waals surface area contributed by atoms with Crippen molar-refractivity contribution in [2.45, 2.75) is 11.8 Å². The number of nitrogens with zero attached hydrogens (tertiary/aromatic N) is 2. The first-order chi connectivity index (χ1) is 20.2. The molecule has 4 aromatic carbocycles. The molecule has 4 rings (SSSR count). The van der Waals surface area contributed by atoms with E-state index in [1.54, 1.807) is 79.7 Å². The molecule has 0 unspecified atom stereocenters. The lowest BCUT2D eigenvalue weighted by atomic mass is 10.1. The fourth-order valence-electron chi connectivity index (χ4n) is 4.00. The number of rotatable bonds is 11. The number of nitrogens with one attached hydrogen (secondary N) is 2. The first-order valence-electron chi connectivity index (χ1n) is 12.8. The molecule has 4 aromatic rings. The van der Waals surface area contributed by atoms with Gasteiger partial charge in [0.2, 0.25) is 0 Å². The summed E-state index contributed by atoms with van der Waals surface area (Å²) in [5, 5.41) is 7.01. The number of hydrazone groups is 1. The van der Waals surface area contributed by atoms with Gasteiger partial charge in [-0.2, -0.15) is 5.10 Å². The van der Waals surface area contributed by atoms with Crippen LogP contribution in [0.5, 0.6) is 11.5 Å². The molecule has 0 saturated heterocycles. The van der Waals surface area contributed by atoms with Crippen LogP contribution in [0, 0.1) is 0 Å². The lowest BCUT2D eigenvalue weighted by Gasteiger charge is -2.25. The van der Waals surface area contributed by atoms with Gasteiger partial charge in [0.1, 0.15) is 18.0 Å². The van der Waals surface area contributed by atoms with Gasteiger partial charge in [-0.3, -0.25) is 13.9 Å². The van der Waals surface area contributed by atoms with Crippen molar-refractivity contribution < 1.29 is 27.5 Å². The number of hydrogen-bond donors (Lipinski definition) is 2. The fraction of sp³-hybridized carbons (Fsp3) is 0.129. The van der Waals surface area contributed by atoms with Crippen molar-refractivity contribution in [2.75, 3.05) is 30.4 Å². The molecule has 0 spiro atoms. The van der Waals surface area contributed by atoms with E-state index in [9.17, 15) is 18.0 Å². The highest BCUT2D eigenvalue weighted by Crippen LogP contribution is 2.32. The molecule has 11 heteroatoms. The SMILES string of the molecule is COc1ccc(S(=O)(=O)N(CC(=O)N/N=C(/C)c2cccc(NC(=O)c3ccccc3)c2)c2ccccc2OC)cc1. The zero-order valence-electron chi connectivity index (χ0n) is 23.3. The number of hydrogen-bond acceptors (Lipinski definition) is 7. The van der Waals surface area contributed by atoms with Crippen molar-refractivity contribution in [3.8, 4) is 11.5 Å². The van der Waals surface area contributed by atoms with Crippen LogP contribution in [0.3, 0.4) is 0 Å². The molecule has 0 saturated carbocycles. The van der Waals surface area contributed by atoms with Crippen LogP contribution in [0.25, 0.3) is 0 Å². The summed E-state index contributed by atoms with van der Waals surface area (Å²) in [6, 6.07) is 28.2. The van der Waals surface area contributed by atoms with Crippen LogP contribution in [0.15, 0.2) is 113 Å². The largest absolute Gasteiger partial charge is 0.497 e. The third kappa shape index (κ3) is 7.12. The van der Waals surface area contributed by atoms with Gasteiger partial charge in [-0.15, -0.1) is 0 Å². The third-order valence-corrected chi connectivity index (χ3v) is 7.98. The minimum absolute atomic E-state index is 0.0314. The fourth-order valence-corrected chi connectivity index (χ4v) is 5.43. The predicted octanol–water partition coefficient (Wildman–Crippen LogP) is 4.69. The van der Waals surface area contributed by atoms with Gasteiger partial charge in [0.15, 0.2) is 0 Å². The number of anilines is 2. The van der Waals surface area contributed by atoms with E-state index in [0.717, 1.165) is 4.31 Å². The summed E-state index contributed by atoms with van der Waals surface area (Å²) in [7, 11) is -1.29. The molecule has 0 bridgehead atoms. The number of carbonyl (C=O) groups excluding carboxylic acids is 2. The first kappa shape index (κ1) is 29.8. The second kappa shape index (κ2) is 13.5. The summed E-state index contributed by atoms with van der Waals surface area (Å²) in [6.07, 6.45) is 0. The summed E-state index contributed by atoms with van der Waals surface area (Å²) in [5.74, 6) is -0.170. The zero-order valence-corrected chi connectivity index (χ0v) is 24.1. The molecule has 0 aliphatic heterocycles. The van der Waals surface area contributed by atoms with Crippen LogP contribution in [0.1, 0.15) is 22.8 Å². The van der Waals surface area contributed by atoms with E-state index in [0.29, 0.717) is 28.3 Å². The Hall–Kier alpha value is -5.16. The first-order valence-corrected chi connectivity index (χ1v) is 14.3. The highest BCUT2D eigenvalue weighted by Gasteiger charge is 2.29. The number of ether oxygens (including phenoxy) is 2. The Balaban J connectivity index is 1.54. The molecule has 42 heavy (non-hydrogen) atoms. The maximum absolute atomic E-state index is 13.7. The van der Waals surface area contributed by atoms with Gasteiger partial charge < -0.3 is 14.8 Å². The molecule has 0 aliphatic carbocycles. The summed E-state index contributed by atoms with van der Waals surface area (Å²) < 4.78 is 38.9. The molecule has 10 nitrogen and oxygen atoms in total. The lowest BCUT2D eigenvalue weighted by molar-refractivity contribution is -0.119. The minimum Gasteiger partial charge on any atom is -0.497 e. The van der Waals surface area contributed by atoms with Crippen molar-refractivity contribution in [2.24, 2.45) is 5.10 Å². The Kier molecular flexibility index (Phi) is 9.56. The van der Waals surface area contributed by atoms with E-state index in [4.69, 9.17) is 9.47 Å². The van der Waals surface area contributed by atoms with Crippen LogP contribution in [0.2, 0.25) is 0 Å². The Labute approximate surface area is 244 Å². The van der Waals surface area contributed by atoms with Crippen LogP contribution >= 0.6 is 0 Å². The molecule has 216 valence electrons. The topological polar surface area (TPSA) is 126 Å². The molecule has 0 radical (unpaired) electrons. The van der Waals surface area contributed by atoms with Crippen LogP contribution in [0.4, 0.5) is 11.4 Å². The Morgan fingerprint density at radius 3 is 2.17 bits per heavy atom. The van der Waals surface area contributed by atoms with Crippen molar-refractivity contribution in [3.63, 3.8) is 0 Å². The van der Waals surface area contributed by atoms with Gasteiger partial charge in [0, 0.05) is 11.3 Å². The van der Waals surface area contributed by atoms with E-state index in [1.165, 1.54) is 38.5 Å². The quantitative estimate of drug-likeness (QED) is 0.194. The van der Waals surface area contributed by atoms with Gasteiger partial charge in [0.25, 0.3) is 21.8 Å². The average molecular weight is 587 g/mol. The molecule has 2 amide bonds. The summed E-state index contributed by atoms with van der Waals surface area (Å²) in [4.78, 5) is 25.6. The highest BCUT2D eigenvalue weighted by atomic mass is 32.2. The average Bonchev–Trinajstić information content (AvgIpc) is 3.03. The summed E-state index contributed by atoms with van der Waals surface area (Å²) in [5.41, 5.74) is 4.79. The number of amides is 2. The van der Waals surface area contributed by atoms with Gasteiger partial charge in [-0.1, -0.05) is 42.5 Å². The standard InChI is InChI=1S/C31H30N4O6S/c1-22(24-12-9-13-25(20-24)32-31(37)23-10-5-4-6-11-23)33-34-30(36)21-35(28-14-7-8-15-29(28)41-3)42(38,39)27-18-16-26(40-2)17-19-27/h4-20H,21H2,1-3H3,(H,32,37)(H,34,36)/b33-22-. The Bertz CT molecular complexity index is 1690. The van der Waals surface area contributed by atoms with E-state index >= 15 is 0 Å². The molecule has 0 heterocycles. The number of sulfonamides is 1. The summed E-state index contributed by atoms with van der Waals surface area (Å²) >= 11 is 0. The second-order valence-electron chi connectivity index (χ2n) is 8.99. The zero-order chi connectivity index (χ0) is 30.1. The minimum atomic E-state index is -4.19. The molecule has 0 aromatic heterocycles. The smallest absolute Gasteiger partial charge is 0.264 e. The van der Waals surface area contributed by atoms with Crippen LogP contribution in [-0.2, 0) is 14.8 Å². The number of carbonyl (C=O) groups is 2. The monoisotopic (exact) mass is 586 g/mol. The van der Waals surface area contributed by atoms with E-state index in [-0.39, 0.29) is 22.2 Å². The summed E-state index contributed by atoms with van der Waals surface area (Å²) in [6.45, 7) is 1.11. The van der Waals surface area contributed by atoms with Crippen molar-refractivity contribution in [1.82, 2.24) is 5.43 Å². The lowest BCUT2D eigenvalue weighted by Crippen LogP contribution is -2.40. The van der Waals surface area contributed by atoms with E-state index in [2.05, 4.69) is 15.8 Å². The second-order valence-corrected chi connectivity index (χ2v) is 10.9. The molecular formula is C31H30N4O6S. The van der Waals surface area contributed by atoms with Crippen molar-refractivity contribution in [3.05, 3.63) is 114 Å². The van der Waals surface area contributed by atoms with Gasteiger partial charge in [-0.05, 0) is 73.2 Å². The van der Waals surface area contributed by atoms with E-state index < -0.39 is 22.5 Å². The normalized spacial score (nSPS) is 11.4. The van der Waals surface area contributed by atoms with Gasteiger partial charge in [-0.25, -0.2) is 13.8 Å². The number of methoxy groups -OCH3 is 2. The number of para-hydroxylation sites is 2. The van der Waals surface area contributed by atoms with Crippen LogP contribution in [-0.4, -0.2) is 46.7 Å². The number of benzene rings is 4. The van der Waals surface area contributed by atoms with Crippen molar-refractivity contribution in [1.29, 1.82) is 0 Å². The van der Waals surface area contributed by atoms with E-state index in [1.807, 2.05) is 6.07 Å². The predicted molar refractivity (Wildman–Crippen MR) is 162 cm³/mol.